The highest BCUT2D eigenvalue weighted by Crippen LogP contribution is 2.27. The molecule has 1 amide bonds. The number of hydrogen-bond acceptors (Lipinski definition) is 4. The molecule has 1 heterocycles. The van der Waals surface area contributed by atoms with Gasteiger partial charge in [0.2, 0.25) is 0 Å². The van der Waals surface area contributed by atoms with Gasteiger partial charge in [0.25, 0.3) is 5.91 Å². The maximum atomic E-state index is 12.9. The fourth-order valence-electron chi connectivity index (χ4n) is 2.95. The predicted octanol–water partition coefficient (Wildman–Crippen LogP) is 2.65. The fraction of sp³-hybridized carbons (Fsp3) is 0.611. The van der Waals surface area contributed by atoms with Crippen LogP contribution in [0.4, 0.5) is 0 Å². The molecule has 1 fully saturated rings. The van der Waals surface area contributed by atoms with Crippen molar-refractivity contribution in [3.05, 3.63) is 23.8 Å². The second-order valence-electron chi connectivity index (χ2n) is 6.18. The predicted molar refractivity (Wildman–Crippen MR) is 91.4 cm³/mol. The molecule has 0 radical (unpaired) electrons. The number of piperidine rings is 1. The molecule has 0 aliphatic carbocycles. The molecule has 5 nitrogen and oxygen atoms in total. The maximum Gasteiger partial charge on any atom is 0.257 e. The molecule has 5 heteroatoms. The summed E-state index contributed by atoms with van der Waals surface area (Å²) >= 11 is 0. The number of methoxy groups -OCH3 is 1. The fourth-order valence-corrected chi connectivity index (χ4v) is 2.95. The van der Waals surface area contributed by atoms with Crippen LogP contribution in [0.25, 0.3) is 0 Å². The topological polar surface area (TPSA) is 42.0 Å². The number of rotatable bonds is 6. The number of hydrogen-bond donors (Lipinski definition) is 0. The molecule has 0 N–H and O–H groups in total. The van der Waals surface area contributed by atoms with Crippen molar-refractivity contribution < 1.29 is 14.3 Å². The lowest BCUT2D eigenvalue weighted by molar-refractivity contribution is 0.0640. The Kier molecular flexibility index (Phi) is 6.28. The van der Waals surface area contributed by atoms with Crippen LogP contribution in [-0.4, -0.2) is 62.7 Å². The number of carbonyl (C=O) groups excluding carboxylic acids is 1. The number of amides is 1. The average molecular weight is 320 g/mol. The molecule has 0 aromatic heterocycles. The van der Waals surface area contributed by atoms with Crippen molar-refractivity contribution in [2.24, 2.45) is 0 Å². The molecule has 2 rings (SSSR count). The van der Waals surface area contributed by atoms with Crippen LogP contribution >= 0.6 is 0 Å². The highest BCUT2D eigenvalue weighted by atomic mass is 16.5. The molecule has 0 bridgehead atoms. The summed E-state index contributed by atoms with van der Waals surface area (Å²) in [4.78, 5) is 17.1. The second kappa shape index (κ2) is 8.20. The Balaban J connectivity index is 2.19. The van der Waals surface area contributed by atoms with Crippen LogP contribution in [0, 0.1) is 0 Å². The van der Waals surface area contributed by atoms with Gasteiger partial charge >= 0.3 is 0 Å². The van der Waals surface area contributed by atoms with Crippen molar-refractivity contribution in [3.63, 3.8) is 0 Å². The van der Waals surface area contributed by atoms with Gasteiger partial charge in [-0.3, -0.25) is 4.79 Å². The Hall–Kier alpha value is -1.75. The SMILES string of the molecule is CCCOc1cc(OC)ccc1C(=O)N(C)C1CCCN(C)C1. The van der Waals surface area contributed by atoms with Gasteiger partial charge in [0.15, 0.2) is 0 Å². The molecular weight excluding hydrogens is 292 g/mol. The molecule has 1 atom stereocenters. The minimum absolute atomic E-state index is 0.0130. The van der Waals surface area contributed by atoms with Crippen molar-refractivity contribution in [1.29, 1.82) is 0 Å². The third kappa shape index (κ3) is 4.38. The van der Waals surface area contributed by atoms with Crippen LogP contribution in [0.2, 0.25) is 0 Å². The van der Waals surface area contributed by atoms with Crippen molar-refractivity contribution in [2.45, 2.75) is 32.2 Å². The molecule has 1 aliphatic rings. The zero-order valence-corrected chi connectivity index (χ0v) is 14.7. The van der Waals surface area contributed by atoms with Crippen LogP contribution < -0.4 is 9.47 Å². The Morgan fingerprint density at radius 2 is 2.22 bits per heavy atom. The van der Waals surface area contributed by atoms with E-state index < -0.39 is 0 Å². The maximum absolute atomic E-state index is 12.9. The summed E-state index contributed by atoms with van der Waals surface area (Å²) in [6.07, 6.45) is 3.07. The third-order valence-electron chi connectivity index (χ3n) is 4.35. The third-order valence-corrected chi connectivity index (χ3v) is 4.35. The van der Waals surface area contributed by atoms with Gasteiger partial charge in [-0.15, -0.1) is 0 Å². The van der Waals surface area contributed by atoms with Gasteiger partial charge in [0.1, 0.15) is 11.5 Å². The minimum atomic E-state index is 0.0130. The van der Waals surface area contributed by atoms with E-state index >= 15 is 0 Å². The number of likely N-dealkylation sites (tertiary alicyclic amines) is 1. The number of carbonyl (C=O) groups is 1. The van der Waals surface area contributed by atoms with Crippen LogP contribution in [0.3, 0.4) is 0 Å². The van der Waals surface area contributed by atoms with Crippen molar-refractivity contribution >= 4 is 5.91 Å². The zero-order valence-electron chi connectivity index (χ0n) is 14.7. The quantitative estimate of drug-likeness (QED) is 0.808. The summed E-state index contributed by atoms with van der Waals surface area (Å²) in [7, 11) is 5.61. The van der Waals surface area contributed by atoms with Crippen molar-refractivity contribution in [3.8, 4) is 11.5 Å². The van der Waals surface area contributed by atoms with E-state index in [9.17, 15) is 4.79 Å². The van der Waals surface area contributed by atoms with E-state index in [0.717, 1.165) is 32.4 Å². The largest absolute Gasteiger partial charge is 0.497 e. The van der Waals surface area contributed by atoms with E-state index in [0.29, 0.717) is 23.7 Å². The van der Waals surface area contributed by atoms with E-state index in [2.05, 4.69) is 11.9 Å². The normalized spacial score (nSPS) is 18.5. The molecule has 1 saturated heterocycles. The molecule has 1 aromatic carbocycles. The first-order valence-corrected chi connectivity index (χ1v) is 8.33. The summed E-state index contributed by atoms with van der Waals surface area (Å²) in [5.74, 6) is 1.32. The van der Waals surface area contributed by atoms with E-state index in [4.69, 9.17) is 9.47 Å². The van der Waals surface area contributed by atoms with E-state index in [-0.39, 0.29) is 11.9 Å². The van der Waals surface area contributed by atoms with Gasteiger partial charge in [-0.2, -0.15) is 0 Å². The highest BCUT2D eigenvalue weighted by Gasteiger charge is 2.27. The van der Waals surface area contributed by atoms with E-state index in [1.165, 1.54) is 0 Å². The second-order valence-corrected chi connectivity index (χ2v) is 6.18. The summed E-state index contributed by atoms with van der Waals surface area (Å²) < 4.78 is 11.0. The van der Waals surface area contributed by atoms with Gasteiger partial charge < -0.3 is 19.3 Å². The standard InChI is InChI=1S/C18H28N2O3/c1-5-11-23-17-12-15(22-4)8-9-16(17)18(21)20(3)14-7-6-10-19(2)13-14/h8-9,12,14H,5-7,10-11,13H2,1-4H3. The summed E-state index contributed by atoms with van der Waals surface area (Å²) in [6, 6.07) is 5.66. The van der Waals surface area contributed by atoms with Crippen molar-refractivity contribution in [2.75, 3.05) is 40.9 Å². The van der Waals surface area contributed by atoms with Crippen LogP contribution in [-0.2, 0) is 0 Å². The highest BCUT2D eigenvalue weighted by molar-refractivity contribution is 5.97. The zero-order chi connectivity index (χ0) is 16.8. The monoisotopic (exact) mass is 320 g/mol. The van der Waals surface area contributed by atoms with Gasteiger partial charge in [-0.1, -0.05) is 6.92 Å². The van der Waals surface area contributed by atoms with E-state index in [1.54, 1.807) is 19.2 Å². The molecule has 0 spiro atoms. The summed E-state index contributed by atoms with van der Waals surface area (Å²) in [5.41, 5.74) is 0.606. The van der Waals surface area contributed by atoms with E-state index in [1.807, 2.05) is 24.9 Å². The number of benzene rings is 1. The molecule has 0 saturated carbocycles. The lowest BCUT2D eigenvalue weighted by Crippen LogP contribution is -2.47. The average Bonchev–Trinajstić information content (AvgIpc) is 2.58. The van der Waals surface area contributed by atoms with Gasteiger partial charge in [-0.05, 0) is 45.0 Å². The number of ether oxygens (including phenoxy) is 2. The van der Waals surface area contributed by atoms with Gasteiger partial charge in [0, 0.05) is 25.7 Å². The smallest absolute Gasteiger partial charge is 0.257 e. The Morgan fingerprint density at radius 1 is 1.43 bits per heavy atom. The summed E-state index contributed by atoms with van der Waals surface area (Å²) in [6.45, 7) is 4.66. The first-order chi connectivity index (χ1) is 11.1. The molecular formula is C18H28N2O3. The number of nitrogens with zero attached hydrogens (tertiary/aromatic N) is 2. The lowest BCUT2D eigenvalue weighted by Gasteiger charge is -2.36. The van der Waals surface area contributed by atoms with Crippen LogP contribution in [0.1, 0.15) is 36.5 Å². The summed E-state index contributed by atoms with van der Waals surface area (Å²) in [5, 5.41) is 0. The van der Waals surface area contributed by atoms with Gasteiger partial charge in [0.05, 0.1) is 19.3 Å². The number of likely N-dealkylation sites (N-methyl/N-ethyl adjacent to an activating group) is 2. The van der Waals surface area contributed by atoms with Crippen molar-refractivity contribution in [1.82, 2.24) is 9.80 Å². The first-order valence-electron chi connectivity index (χ1n) is 8.33. The Labute approximate surface area is 139 Å². The lowest BCUT2D eigenvalue weighted by atomic mass is 10.0. The van der Waals surface area contributed by atoms with Crippen LogP contribution in [0.5, 0.6) is 11.5 Å². The molecule has 1 aliphatic heterocycles. The molecule has 1 unspecified atom stereocenters. The first kappa shape index (κ1) is 17.6. The molecule has 1 aromatic rings. The van der Waals surface area contributed by atoms with Gasteiger partial charge in [-0.25, -0.2) is 0 Å². The molecule has 23 heavy (non-hydrogen) atoms. The molecule has 128 valence electrons. The van der Waals surface area contributed by atoms with Crippen LogP contribution in [0.15, 0.2) is 18.2 Å². The Morgan fingerprint density at radius 3 is 2.87 bits per heavy atom. The Bertz CT molecular complexity index is 533. The minimum Gasteiger partial charge on any atom is -0.497 e.